The largest absolute Gasteiger partial charge is 0.497 e. The number of fused-ring (bicyclic) bond motifs is 1. The quantitative estimate of drug-likeness (QED) is 0.438. The highest BCUT2D eigenvalue weighted by atomic mass is 32.2. The zero-order chi connectivity index (χ0) is 21.0. The van der Waals surface area contributed by atoms with E-state index in [9.17, 15) is 8.42 Å². The molecule has 8 nitrogen and oxygen atoms in total. The topological polar surface area (TPSA) is 98.5 Å². The van der Waals surface area contributed by atoms with Crippen molar-refractivity contribution >= 4 is 15.8 Å². The first kappa shape index (κ1) is 20.0. The van der Waals surface area contributed by atoms with Crippen LogP contribution >= 0.6 is 0 Å². The number of nitrogens with one attached hydrogen (secondary N) is 1. The van der Waals surface area contributed by atoms with Crippen LogP contribution in [0.15, 0.2) is 72.1 Å². The first-order valence-corrected chi connectivity index (χ1v) is 10.9. The molecule has 4 aromatic rings. The van der Waals surface area contributed by atoms with E-state index in [2.05, 4.69) is 19.8 Å². The van der Waals surface area contributed by atoms with Crippen LogP contribution in [0.5, 0.6) is 5.75 Å². The molecule has 0 fully saturated rings. The summed E-state index contributed by atoms with van der Waals surface area (Å²) < 4.78 is 34.5. The molecule has 0 saturated heterocycles. The van der Waals surface area contributed by atoms with Gasteiger partial charge in [-0.05, 0) is 53.8 Å². The molecule has 4 rings (SSSR count). The molecule has 0 aliphatic rings. The first-order valence-electron chi connectivity index (χ1n) is 9.43. The third-order valence-corrected chi connectivity index (χ3v) is 6.19. The Labute approximate surface area is 174 Å². The van der Waals surface area contributed by atoms with E-state index < -0.39 is 10.0 Å². The van der Waals surface area contributed by atoms with E-state index in [1.165, 1.54) is 6.33 Å². The van der Waals surface area contributed by atoms with Gasteiger partial charge >= 0.3 is 0 Å². The van der Waals surface area contributed by atoms with Crippen LogP contribution in [0.1, 0.15) is 12.0 Å². The molecular weight excluding hydrogens is 402 g/mol. The van der Waals surface area contributed by atoms with E-state index in [1.807, 2.05) is 30.5 Å². The fraction of sp³-hybridized carbons (Fsp3) is 0.190. The van der Waals surface area contributed by atoms with Crippen molar-refractivity contribution in [3.05, 3.63) is 72.8 Å². The lowest BCUT2D eigenvalue weighted by Crippen LogP contribution is -2.25. The van der Waals surface area contributed by atoms with Crippen LogP contribution < -0.4 is 9.46 Å². The van der Waals surface area contributed by atoms with E-state index in [1.54, 1.807) is 42.1 Å². The number of aromatic nitrogens is 4. The molecule has 0 atom stereocenters. The normalized spacial score (nSPS) is 11.6. The van der Waals surface area contributed by atoms with Gasteiger partial charge in [-0.1, -0.05) is 24.3 Å². The van der Waals surface area contributed by atoms with Crippen molar-refractivity contribution < 1.29 is 13.2 Å². The second kappa shape index (κ2) is 8.60. The van der Waals surface area contributed by atoms with Gasteiger partial charge in [-0.3, -0.25) is 0 Å². The summed E-state index contributed by atoms with van der Waals surface area (Å²) in [7, 11) is -1.94. The SMILES string of the molecule is COc1ccc(-c2ccc(S(=O)(=O)NCCCc3cnc4ncnn4c3)cc2)cc1. The predicted octanol–water partition coefficient (Wildman–Crippen LogP) is 2.71. The fourth-order valence-corrected chi connectivity index (χ4v) is 4.15. The van der Waals surface area contributed by atoms with Gasteiger partial charge in [0.25, 0.3) is 5.78 Å². The predicted molar refractivity (Wildman–Crippen MR) is 113 cm³/mol. The minimum atomic E-state index is -3.56. The highest BCUT2D eigenvalue weighted by Gasteiger charge is 2.13. The molecule has 154 valence electrons. The maximum absolute atomic E-state index is 12.6. The Hall–Kier alpha value is -3.30. The molecule has 1 N–H and O–H groups in total. The Kier molecular flexibility index (Phi) is 5.73. The number of ether oxygens (including phenoxy) is 1. The van der Waals surface area contributed by atoms with E-state index in [0.29, 0.717) is 25.2 Å². The Bertz CT molecular complexity index is 1240. The molecule has 0 unspecified atom stereocenters. The van der Waals surface area contributed by atoms with E-state index in [4.69, 9.17) is 4.74 Å². The van der Waals surface area contributed by atoms with Gasteiger partial charge in [0.2, 0.25) is 10.0 Å². The summed E-state index contributed by atoms with van der Waals surface area (Å²) >= 11 is 0. The van der Waals surface area contributed by atoms with Gasteiger partial charge in [0, 0.05) is 18.9 Å². The lowest BCUT2D eigenvalue weighted by Gasteiger charge is -2.08. The summed E-state index contributed by atoms with van der Waals surface area (Å²) in [6, 6.07) is 14.5. The molecule has 0 amide bonds. The van der Waals surface area contributed by atoms with Crippen LogP contribution in [0.25, 0.3) is 16.9 Å². The summed E-state index contributed by atoms with van der Waals surface area (Å²) in [4.78, 5) is 8.44. The molecule has 9 heteroatoms. The van der Waals surface area contributed by atoms with Gasteiger partial charge in [0.1, 0.15) is 12.1 Å². The summed E-state index contributed by atoms with van der Waals surface area (Å²) in [5, 5.41) is 4.05. The van der Waals surface area contributed by atoms with Crippen LogP contribution in [0.4, 0.5) is 0 Å². The molecule has 2 aromatic heterocycles. The Morgan fingerprint density at radius 2 is 1.70 bits per heavy atom. The van der Waals surface area contributed by atoms with Crippen LogP contribution in [0, 0.1) is 0 Å². The number of rotatable bonds is 8. The number of sulfonamides is 1. The van der Waals surface area contributed by atoms with E-state index in [-0.39, 0.29) is 4.90 Å². The number of hydrogen-bond donors (Lipinski definition) is 1. The van der Waals surface area contributed by atoms with E-state index >= 15 is 0 Å². The second-order valence-corrected chi connectivity index (χ2v) is 8.49. The van der Waals surface area contributed by atoms with Crippen LogP contribution in [0.3, 0.4) is 0 Å². The average Bonchev–Trinajstić information content (AvgIpc) is 3.25. The number of nitrogens with zero attached hydrogens (tertiary/aromatic N) is 4. The van der Waals surface area contributed by atoms with Crippen molar-refractivity contribution in [2.45, 2.75) is 17.7 Å². The van der Waals surface area contributed by atoms with Gasteiger partial charge in [-0.15, -0.1) is 0 Å². The summed E-state index contributed by atoms with van der Waals surface area (Å²) in [5.74, 6) is 1.32. The van der Waals surface area contributed by atoms with Crippen molar-refractivity contribution in [3.63, 3.8) is 0 Å². The summed E-state index contributed by atoms with van der Waals surface area (Å²) in [5.41, 5.74) is 2.90. The number of hydrogen-bond acceptors (Lipinski definition) is 6. The van der Waals surface area contributed by atoms with Gasteiger partial charge in [-0.2, -0.15) is 10.1 Å². The fourth-order valence-electron chi connectivity index (χ4n) is 3.08. The smallest absolute Gasteiger partial charge is 0.252 e. The molecular formula is C21H21N5O3S. The molecule has 0 spiro atoms. The monoisotopic (exact) mass is 423 g/mol. The molecule has 0 aliphatic carbocycles. The highest BCUT2D eigenvalue weighted by molar-refractivity contribution is 7.89. The van der Waals surface area contributed by atoms with Crippen molar-refractivity contribution in [1.82, 2.24) is 24.3 Å². The van der Waals surface area contributed by atoms with Crippen molar-refractivity contribution in [1.29, 1.82) is 0 Å². The average molecular weight is 423 g/mol. The Morgan fingerprint density at radius 1 is 1.00 bits per heavy atom. The van der Waals surface area contributed by atoms with Crippen molar-refractivity contribution in [2.75, 3.05) is 13.7 Å². The van der Waals surface area contributed by atoms with Crippen molar-refractivity contribution in [2.24, 2.45) is 0 Å². The second-order valence-electron chi connectivity index (χ2n) is 6.72. The lowest BCUT2D eigenvalue weighted by molar-refractivity contribution is 0.415. The summed E-state index contributed by atoms with van der Waals surface area (Å²) in [6.45, 7) is 0.331. The number of methoxy groups -OCH3 is 1. The molecule has 0 saturated carbocycles. The maximum atomic E-state index is 12.6. The zero-order valence-corrected chi connectivity index (χ0v) is 17.2. The minimum Gasteiger partial charge on any atom is -0.497 e. The molecule has 0 bridgehead atoms. The Morgan fingerprint density at radius 3 is 2.40 bits per heavy atom. The Balaban J connectivity index is 1.34. The van der Waals surface area contributed by atoms with Crippen LogP contribution in [-0.4, -0.2) is 41.7 Å². The highest BCUT2D eigenvalue weighted by Crippen LogP contribution is 2.23. The molecule has 2 heterocycles. The van der Waals surface area contributed by atoms with Gasteiger partial charge in [0.05, 0.1) is 12.0 Å². The number of aryl methyl sites for hydroxylation is 1. The standard InChI is InChI=1S/C21H21N5O3S/c1-29-19-8-4-17(5-9-19)18-6-10-20(11-7-18)30(27,28)25-12-2-3-16-13-22-21-23-15-24-26(21)14-16/h4-11,13-15,25H,2-3,12H2,1H3. The van der Waals surface area contributed by atoms with E-state index in [0.717, 1.165) is 22.4 Å². The minimum absolute atomic E-state index is 0.241. The van der Waals surface area contributed by atoms with Crippen LogP contribution in [-0.2, 0) is 16.4 Å². The zero-order valence-electron chi connectivity index (χ0n) is 16.4. The molecule has 2 aromatic carbocycles. The van der Waals surface area contributed by atoms with Crippen LogP contribution in [0.2, 0.25) is 0 Å². The maximum Gasteiger partial charge on any atom is 0.252 e. The van der Waals surface area contributed by atoms with Crippen molar-refractivity contribution in [3.8, 4) is 16.9 Å². The number of benzene rings is 2. The molecule has 0 aliphatic heterocycles. The third kappa shape index (κ3) is 4.47. The molecule has 30 heavy (non-hydrogen) atoms. The first-order chi connectivity index (χ1) is 14.5. The third-order valence-electron chi connectivity index (χ3n) is 4.71. The van der Waals surface area contributed by atoms with Gasteiger partial charge < -0.3 is 4.74 Å². The van der Waals surface area contributed by atoms with Gasteiger partial charge in [0.15, 0.2) is 0 Å². The lowest BCUT2D eigenvalue weighted by atomic mass is 10.1. The summed E-state index contributed by atoms with van der Waals surface area (Å²) in [6.07, 6.45) is 6.35. The molecule has 0 radical (unpaired) electrons. The van der Waals surface area contributed by atoms with Gasteiger partial charge in [-0.25, -0.2) is 22.6 Å².